The summed E-state index contributed by atoms with van der Waals surface area (Å²) in [4.78, 5) is 0. The first kappa shape index (κ1) is 10.1. The number of rotatable bonds is 2. The van der Waals surface area contributed by atoms with Crippen molar-refractivity contribution in [3.05, 3.63) is 47.6 Å². The summed E-state index contributed by atoms with van der Waals surface area (Å²) in [6.45, 7) is 2.78. The Kier molecular flexibility index (Phi) is 2.92. The van der Waals surface area contributed by atoms with Crippen LogP contribution in [0, 0.1) is 0 Å². The summed E-state index contributed by atoms with van der Waals surface area (Å²) < 4.78 is 5.70. The standard InChI is InChI=1S/C12H16N2O/c1-9-2-5-12(8-14-9)15-11-6-3-10(13)4-7-11/h2-3,5-7,10,14H,4,8,13H2,1H3. The Bertz CT molecular complexity index is 364. The lowest BCUT2D eigenvalue weighted by atomic mass is 10.1. The molecule has 1 atom stereocenters. The van der Waals surface area contributed by atoms with Gasteiger partial charge in [-0.1, -0.05) is 6.08 Å². The minimum atomic E-state index is 0.137. The third-order valence-corrected chi connectivity index (χ3v) is 2.41. The topological polar surface area (TPSA) is 47.3 Å². The molecule has 2 rings (SSSR count). The molecule has 1 aliphatic carbocycles. The van der Waals surface area contributed by atoms with Crippen LogP contribution >= 0.6 is 0 Å². The van der Waals surface area contributed by atoms with Crippen molar-refractivity contribution < 1.29 is 4.74 Å². The van der Waals surface area contributed by atoms with Crippen LogP contribution in [0.15, 0.2) is 47.6 Å². The molecular weight excluding hydrogens is 188 g/mol. The van der Waals surface area contributed by atoms with Gasteiger partial charge in [0, 0.05) is 11.7 Å². The normalized spacial score (nSPS) is 24.9. The molecular formula is C12H16N2O. The second kappa shape index (κ2) is 4.36. The molecule has 0 bridgehead atoms. The summed E-state index contributed by atoms with van der Waals surface area (Å²) in [5, 5.41) is 3.22. The predicted molar refractivity (Wildman–Crippen MR) is 60.7 cm³/mol. The molecule has 3 N–H and O–H groups in total. The van der Waals surface area contributed by atoms with Gasteiger partial charge < -0.3 is 15.8 Å². The zero-order valence-electron chi connectivity index (χ0n) is 8.86. The molecule has 0 aromatic carbocycles. The lowest BCUT2D eigenvalue weighted by Crippen LogP contribution is -2.20. The Morgan fingerprint density at radius 3 is 2.93 bits per heavy atom. The van der Waals surface area contributed by atoms with Crippen LogP contribution in [0.2, 0.25) is 0 Å². The van der Waals surface area contributed by atoms with E-state index in [1.54, 1.807) is 0 Å². The van der Waals surface area contributed by atoms with Crippen molar-refractivity contribution in [2.24, 2.45) is 5.73 Å². The lowest BCUT2D eigenvalue weighted by Gasteiger charge is -2.18. The fourth-order valence-corrected chi connectivity index (χ4v) is 1.48. The zero-order valence-corrected chi connectivity index (χ0v) is 8.86. The monoisotopic (exact) mass is 204 g/mol. The molecule has 0 aromatic heterocycles. The Morgan fingerprint density at radius 2 is 2.33 bits per heavy atom. The van der Waals surface area contributed by atoms with Gasteiger partial charge in [0.25, 0.3) is 0 Å². The van der Waals surface area contributed by atoms with Gasteiger partial charge in [-0.25, -0.2) is 0 Å². The third kappa shape index (κ3) is 2.73. The van der Waals surface area contributed by atoms with Gasteiger partial charge in [0.2, 0.25) is 0 Å². The van der Waals surface area contributed by atoms with E-state index in [4.69, 9.17) is 10.5 Å². The summed E-state index contributed by atoms with van der Waals surface area (Å²) in [6.07, 6.45) is 10.8. The van der Waals surface area contributed by atoms with Crippen LogP contribution in [0.1, 0.15) is 13.3 Å². The number of hydrogen-bond acceptors (Lipinski definition) is 3. The zero-order chi connectivity index (χ0) is 10.7. The highest BCUT2D eigenvalue weighted by Crippen LogP contribution is 2.15. The van der Waals surface area contributed by atoms with Crippen molar-refractivity contribution in [2.75, 3.05) is 6.54 Å². The summed E-state index contributed by atoms with van der Waals surface area (Å²) in [6, 6.07) is 0.137. The SMILES string of the molecule is CC1=CC=C(OC2=CCC(N)C=C2)CN1. The molecule has 1 unspecified atom stereocenters. The molecule has 0 saturated carbocycles. The van der Waals surface area contributed by atoms with E-state index in [9.17, 15) is 0 Å². The van der Waals surface area contributed by atoms with E-state index in [-0.39, 0.29) is 6.04 Å². The molecule has 0 spiro atoms. The molecule has 3 nitrogen and oxygen atoms in total. The van der Waals surface area contributed by atoms with Crippen LogP contribution in [-0.2, 0) is 4.74 Å². The molecule has 0 aromatic rings. The van der Waals surface area contributed by atoms with Crippen molar-refractivity contribution in [3.63, 3.8) is 0 Å². The Labute approximate surface area is 90.0 Å². The van der Waals surface area contributed by atoms with Crippen LogP contribution in [0.25, 0.3) is 0 Å². The van der Waals surface area contributed by atoms with Crippen LogP contribution in [0.5, 0.6) is 0 Å². The first-order valence-electron chi connectivity index (χ1n) is 5.17. The predicted octanol–water partition coefficient (Wildman–Crippen LogP) is 1.56. The average Bonchev–Trinajstić information content (AvgIpc) is 2.25. The first-order valence-corrected chi connectivity index (χ1v) is 5.17. The van der Waals surface area contributed by atoms with Crippen molar-refractivity contribution in [1.82, 2.24) is 5.32 Å². The third-order valence-electron chi connectivity index (χ3n) is 2.41. The molecule has 3 heteroatoms. The van der Waals surface area contributed by atoms with E-state index < -0.39 is 0 Å². The van der Waals surface area contributed by atoms with E-state index in [0.29, 0.717) is 0 Å². The fourth-order valence-electron chi connectivity index (χ4n) is 1.48. The van der Waals surface area contributed by atoms with E-state index in [1.165, 1.54) is 0 Å². The van der Waals surface area contributed by atoms with Gasteiger partial charge in [0.05, 0.1) is 6.54 Å². The van der Waals surface area contributed by atoms with Gasteiger partial charge in [-0.05, 0) is 37.6 Å². The van der Waals surface area contributed by atoms with Gasteiger partial charge in [-0.2, -0.15) is 0 Å². The Morgan fingerprint density at radius 1 is 1.47 bits per heavy atom. The minimum Gasteiger partial charge on any atom is -0.460 e. The summed E-state index contributed by atoms with van der Waals surface area (Å²) in [5.41, 5.74) is 6.89. The molecule has 2 aliphatic rings. The summed E-state index contributed by atoms with van der Waals surface area (Å²) >= 11 is 0. The lowest BCUT2D eigenvalue weighted by molar-refractivity contribution is 0.304. The summed E-state index contributed by atoms with van der Waals surface area (Å²) in [5.74, 6) is 1.82. The van der Waals surface area contributed by atoms with Crippen molar-refractivity contribution >= 4 is 0 Å². The smallest absolute Gasteiger partial charge is 0.123 e. The fraction of sp³-hybridized carbons (Fsp3) is 0.333. The van der Waals surface area contributed by atoms with Crippen molar-refractivity contribution in [2.45, 2.75) is 19.4 Å². The van der Waals surface area contributed by atoms with E-state index >= 15 is 0 Å². The van der Waals surface area contributed by atoms with E-state index in [0.717, 1.165) is 30.2 Å². The van der Waals surface area contributed by atoms with Crippen molar-refractivity contribution in [3.8, 4) is 0 Å². The molecule has 0 radical (unpaired) electrons. The molecule has 80 valence electrons. The minimum absolute atomic E-state index is 0.137. The second-order valence-electron chi connectivity index (χ2n) is 3.80. The Balaban J connectivity index is 1.96. The molecule has 1 aliphatic heterocycles. The van der Waals surface area contributed by atoms with Crippen LogP contribution in [-0.4, -0.2) is 12.6 Å². The molecule has 1 heterocycles. The number of dihydropyridines is 1. The quantitative estimate of drug-likeness (QED) is 0.717. The van der Waals surface area contributed by atoms with Crippen LogP contribution < -0.4 is 11.1 Å². The maximum absolute atomic E-state index is 5.72. The second-order valence-corrected chi connectivity index (χ2v) is 3.80. The van der Waals surface area contributed by atoms with Crippen LogP contribution in [0.4, 0.5) is 0 Å². The molecule has 0 saturated heterocycles. The number of hydrogen-bond donors (Lipinski definition) is 2. The van der Waals surface area contributed by atoms with Gasteiger partial charge in [-0.3, -0.25) is 0 Å². The van der Waals surface area contributed by atoms with Gasteiger partial charge in [0.15, 0.2) is 0 Å². The largest absolute Gasteiger partial charge is 0.460 e. The first-order chi connectivity index (χ1) is 7.24. The molecule has 0 amide bonds. The average molecular weight is 204 g/mol. The number of nitrogens with one attached hydrogen (secondary N) is 1. The number of ether oxygens (including phenoxy) is 1. The highest BCUT2D eigenvalue weighted by atomic mass is 16.5. The van der Waals surface area contributed by atoms with Crippen molar-refractivity contribution in [1.29, 1.82) is 0 Å². The van der Waals surface area contributed by atoms with E-state index in [1.807, 2.05) is 37.3 Å². The maximum Gasteiger partial charge on any atom is 0.123 e. The van der Waals surface area contributed by atoms with Crippen LogP contribution in [0.3, 0.4) is 0 Å². The maximum atomic E-state index is 5.72. The Hall–Kier alpha value is -1.48. The number of allylic oxidation sites excluding steroid dienone is 4. The van der Waals surface area contributed by atoms with Gasteiger partial charge in [0.1, 0.15) is 11.5 Å². The van der Waals surface area contributed by atoms with E-state index in [2.05, 4.69) is 5.32 Å². The molecule has 15 heavy (non-hydrogen) atoms. The number of nitrogens with two attached hydrogens (primary N) is 1. The molecule has 0 fully saturated rings. The highest BCUT2D eigenvalue weighted by Gasteiger charge is 2.08. The van der Waals surface area contributed by atoms with Gasteiger partial charge in [-0.15, -0.1) is 0 Å². The van der Waals surface area contributed by atoms with Gasteiger partial charge >= 0.3 is 0 Å². The highest BCUT2D eigenvalue weighted by molar-refractivity contribution is 5.25. The summed E-state index contributed by atoms with van der Waals surface area (Å²) in [7, 11) is 0.